The van der Waals surface area contributed by atoms with Crippen LogP contribution in [-0.4, -0.2) is 40.8 Å². The van der Waals surface area contributed by atoms with E-state index >= 15 is 0 Å². The average Bonchev–Trinajstić information content (AvgIpc) is 2.64. The van der Waals surface area contributed by atoms with Crippen LogP contribution in [0.25, 0.3) is 11.0 Å². The smallest absolute Gasteiger partial charge is 0.206 e. The highest BCUT2D eigenvalue weighted by Gasteiger charge is 2.21. The van der Waals surface area contributed by atoms with Crippen LogP contribution in [0.1, 0.15) is 13.3 Å². The topological polar surface area (TPSA) is 43.2 Å². The molecule has 0 N–H and O–H groups in total. The first-order valence-electron chi connectivity index (χ1n) is 6.88. The Morgan fingerprint density at radius 3 is 3.16 bits per heavy atom. The fraction of sp³-hybridized carbons (Fsp3) is 0.571. The molecule has 2 aromatic rings. The molecule has 0 aromatic carbocycles. The summed E-state index contributed by atoms with van der Waals surface area (Å²) in [6.45, 7) is 5.77. The van der Waals surface area contributed by atoms with Crippen LogP contribution in [0.2, 0.25) is 0 Å². The predicted octanol–water partition coefficient (Wildman–Crippen LogP) is 1.83. The zero-order valence-corrected chi connectivity index (χ0v) is 11.5. The van der Waals surface area contributed by atoms with Gasteiger partial charge in [0.1, 0.15) is 5.52 Å². The minimum atomic E-state index is 0.584. The summed E-state index contributed by atoms with van der Waals surface area (Å²) in [7, 11) is 2.07. The maximum atomic E-state index is 5.67. The van der Waals surface area contributed by atoms with Gasteiger partial charge in [-0.3, -0.25) is 4.98 Å². The molecule has 0 saturated carbocycles. The van der Waals surface area contributed by atoms with Gasteiger partial charge in [0.25, 0.3) is 0 Å². The van der Waals surface area contributed by atoms with E-state index in [0.717, 1.165) is 49.7 Å². The van der Waals surface area contributed by atoms with Crippen molar-refractivity contribution in [2.45, 2.75) is 13.3 Å². The Morgan fingerprint density at radius 1 is 1.47 bits per heavy atom. The number of imidazole rings is 1. The minimum absolute atomic E-state index is 0.584. The summed E-state index contributed by atoms with van der Waals surface area (Å²) in [6, 6.07) is 2.01. The van der Waals surface area contributed by atoms with E-state index < -0.39 is 0 Å². The monoisotopic (exact) mass is 260 g/mol. The molecule has 0 aliphatic carbocycles. The molecule has 0 spiro atoms. The summed E-state index contributed by atoms with van der Waals surface area (Å²) in [5.74, 6) is 1.60. The van der Waals surface area contributed by atoms with Crippen molar-refractivity contribution in [2.24, 2.45) is 13.0 Å². The number of ether oxygens (including phenoxy) is 1. The Labute approximate surface area is 113 Å². The Bertz CT molecular complexity index is 566. The zero-order chi connectivity index (χ0) is 13.2. The summed E-state index contributed by atoms with van der Waals surface area (Å²) in [5, 5.41) is 0. The SMILES string of the molecule is CCC1COCCN(c2nc3cnccc3n2C)C1. The second kappa shape index (κ2) is 5.17. The van der Waals surface area contributed by atoms with E-state index in [4.69, 9.17) is 9.72 Å². The van der Waals surface area contributed by atoms with Crippen LogP contribution in [-0.2, 0) is 11.8 Å². The maximum absolute atomic E-state index is 5.67. The predicted molar refractivity (Wildman–Crippen MR) is 75.3 cm³/mol. The molecule has 102 valence electrons. The quantitative estimate of drug-likeness (QED) is 0.826. The van der Waals surface area contributed by atoms with E-state index in [1.165, 1.54) is 0 Å². The number of rotatable bonds is 2. The van der Waals surface area contributed by atoms with Gasteiger partial charge in [-0.15, -0.1) is 0 Å². The number of hydrogen-bond donors (Lipinski definition) is 0. The second-order valence-corrected chi connectivity index (χ2v) is 5.13. The van der Waals surface area contributed by atoms with Crippen molar-refractivity contribution < 1.29 is 4.74 Å². The van der Waals surface area contributed by atoms with Crippen LogP contribution in [0, 0.1) is 5.92 Å². The van der Waals surface area contributed by atoms with Crippen molar-refractivity contribution >= 4 is 17.0 Å². The molecule has 3 rings (SSSR count). The second-order valence-electron chi connectivity index (χ2n) is 5.13. The average molecular weight is 260 g/mol. The molecular weight excluding hydrogens is 240 g/mol. The molecule has 0 radical (unpaired) electrons. The molecule has 5 nitrogen and oxygen atoms in total. The largest absolute Gasteiger partial charge is 0.379 e. The third-order valence-corrected chi connectivity index (χ3v) is 3.86. The highest BCUT2D eigenvalue weighted by Crippen LogP contribution is 2.22. The molecule has 1 aliphatic heterocycles. The van der Waals surface area contributed by atoms with Crippen LogP contribution in [0.15, 0.2) is 18.5 Å². The van der Waals surface area contributed by atoms with Crippen LogP contribution < -0.4 is 4.90 Å². The summed E-state index contributed by atoms with van der Waals surface area (Å²) in [6.07, 6.45) is 4.78. The lowest BCUT2D eigenvalue weighted by molar-refractivity contribution is 0.122. The van der Waals surface area contributed by atoms with Crippen molar-refractivity contribution in [3.05, 3.63) is 18.5 Å². The highest BCUT2D eigenvalue weighted by molar-refractivity contribution is 5.77. The van der Waals surface area contributed by atoms with E-state index in [0.29, 0.717) is 5.92 Å². The molecule has 5 heteroatoms. The lowest BCUT2D eigenvalue weighted by Crippen LogP contribution is -2.31. The van der Waals surface area contributed by atoms with Crippen molar-refractivity contribution in [1.29, 1.82) is 0 Å². The maximum Gasteiger partial charge on any atom is 0.206 e. The third kappa shape index (κ3) is 2.30. The normalized spacial score (nSPS) is 20.7. The summed E-state index contributed by atoms with van der Waals surface area (Å²) >= 11 is 0. The first kappa shape index (κ1) is 12.4. The van der Waals surface area contributed by atoms with Gasteiger partial charge in [-0.1, -0.05) is 6.92 Å². The minimum Gasteiger partial charge on any atom is -0.379 e. The fourth-order valence-electron chi connectivity index (χ4n) is 2.63. The molecule has 19 heavy (non-hydrogen) atoms. The van der Waals surface area contributed by atoms with Gasteiger partial charge in [-0.2, -0.15) is 0 Å². The van der Waals surface area contributed by atoms with Crippen molar-refractivity contribution in [1.82, 2.24) is 14.5 Å². The van der Waals surface area contributed by atoms with E-state index in [2.05, 4.69) is 28.4 Å². The van der Waals surface area contributed by atoms with Crippen molar-refractivity contribution in [3.63, 3.8) is 0 Å². The zero-order valence-electron chi connectivity index (χ0n) is 11.5. The summed E-state index contributed by atoms with van der Waals surface area (Å²) < 4.78 is 7.82. The number of nitrogens with zero attached hydrogens (tertiary/aromatic N) is 4. The Hall–Kier alpha value is -1.62. The first-order chi connectivity index (χ1) is 9.29. The third-order valence-electron chi connectivity index (χ3n) is 3.86. The Balaban J connectivity index is 1.96. The summed E-state index contributed by atoms with van der Waals surface area (Å²) in [5.41, 5.74) is 2.08. The molecule has 1 aliphatic rings. The van der Waals surface area contributed by atoms with E-state index in [9.17, 15) is 0 Å². The van der Waals surface area contributed by atoms with Crippen LogP contribution in [0.3, 0.4) is 0 Å². The highest BCUT2D eigenvalue weighted by atomic mass is 16.5. The van der Waals surface area contributed by atoms with Gasteiger partial charge in [-0.25, -0.2) is 4.98 Å². The number of aromatic nitrogens is 3. The lowest BCUT2D eigenvalue weighted by Gasteiger charge is -2.23. The number of fused-ring (bicyclic) bond motifs is 1. The number of anilines is 1. The van der Waals surface area contributed by atoms with Crippen LogP contribution >= 0.6 is 0 Å². The lowest BCUT2D eigenvalue weighted by atomic mass is 10.1. The molecule has 1 saturated heterocycles. The Morgan fingerprint density at radius 2 is 2.37 bits per heavy atom. The molecule has 3 heterocycles. The van der Waals surface area contributed by atoms with Crippen LogP contribution in [0.4, 0.5) is 5.95 Å². The summed E-state index contributed by atoms with van der Waals surface area (Å²) in [4.78, 5) is 11.2. The van der Waals surface area contributed by atoms with Crippen molar-refractivity contribution in [2.75, 3.05) is 31.2 Å². The first-order valence-corrected chi connectivity index (χ1v) is 6.88. The van der Waals surface area contributed by atoms with Gasteiger partial charge in [0.2, 0.25) is 5.95 Å². The molecular formula is C14H20N4O. The van der Waals surface area contributed by atoms with E-state index in [1.54, 1.807) is 0 Å². The van der Waals surface area contributed by atoms with Gasteiger partial charge in [0.15, 0.2) is 0 Å². The molecule has 1 atom stereocenters. The van der Waals surface area contributed by atoms with Gasteiger partial charge < -0.3 is 14.2 Å². The molecule has 1 fully saturated rings. The van der Waals surface area contributed by atoms with Crippen molar-refractivity contribution in [3.8, 4) is 0 Å². The van der Waals surface area contributed by atoms with Gasteiger partial charge in [0, 0.05) is 26.3 Å². The number of aryl methyl sites for hydroxylation is 1. The molecule has 2 aromatic heterocycles. The van der Waals surface area contributed by atoms with Gasteiger partial charge in [0.05, 0.1) is 24.9 Å². The molecule has 0 amide bonds. The molecule has 0 bridgehead atoms. The van der Waals surface area contributed by atoms with Crippen LogP contribution in [0.5, 0.6) is 0 Å². The van der Waals surface area contributed by atoms with Gasteiger partial charge >= 0.3 is 0 Å². The standard InChI is InChI=1S/C14H20N4O/c1-3-11-9-18(6-7-19-10-11)14-16-12-8-15-5-4-13(12)17(14)2/h4-5,8,11H,3,6-7,9-10H2,1-2H3. The number of hydrogen-bond acceptors (Lipinski definition) is 4. The van der Waals surface area contributed by atoms with E-state index in [-0.39, 0.29) is 0 Å². The Kier molecular flexibility index (Phi) is 3.38. The van der Waals surface area contributed by atoms with E-state index in [1.807, 2.05) is 18.5 Å². The fourth-order valence-corrected chi connectivity index (χ4v) is 2.63. The number of pyridine rings is 1. The van der Waals surface area contributed by atoms with Gasteiger partial charge in [-0.05, 0) is 18.4 Å². The molecule has 1 unspecified atom stereocenters.